The lowest BCUT2D eigenvalue weighted by molar-refractivity contribution is 0.00689. The van der Waals surface area contributed by atoms with Crippen LogP contribution >= 0.6 is 0 Å². The second kappa shape index (κ2) is 6.12. The van der Waals surface area contributed by atoms with Crippen molar-refractivity contribution in [3.63, 3.8) is 0 Å². The molecule has 0 radical (unpaired) electrons. The number of likely N-dealkylation sites (tertiary alicyclic amines) is 1. The molecule has 0 aromatic carbocycles. The Morgan fingerprint density at radius 3 is 2.90 bits per heavy atom. The summed E-state index contributed by atoms with van der Waals surface area (Å²) in [6, 6.07) is 0. The van der Waals surface area contributed by atoms with Gasteiger partial charge < -0.3 is 9.64 Å². The van der Waals surface area contributed by atoms with Gasteiger partial charge in [-0.15, -0.1) is 0 Å². The molecule has 1 aromatic heterocycles. The molecule has 2 rings (SSSR count). The van der Waals surface area contributed by atoms with E-state index in [9.17, 15) is 13.2 Å². The maximum absolute atomic E-state index is 12.5. The third-order valence-corrected chi connectivity index (χ3v) is 4.51. The number of carbonyl (C=O) groups excluding carboxylic acids is 1. The number of sulfonamides is 1. The number of amides is 1. The van der Waals surface area contributed by atoms with Crippen molar-refractivity contribution >= 4 is 15.9 Å². The summed E-state index contributed by atoms with van der Waals surface area (Å²) in [6.07, 6.45) is 1.68. The number of H-pyrrole nitrogens is 1. The van der Waals surface area contributed by atoms with E-state index >= 15 is 0 Å². The average molecular weight is 316 g/mol. The van der Waals surface area contributed by atoms with Gasteiger partial charge in [0.05, 0.1) is 11.8 Å². The summed E-state index contributed by atoms with van der Waals surface area (Å²) in [6.45, 7) is 4.98. The number of primary sulfonamides is 1. The molecule has 1 saturated heterocycles. The molecule has 8 nitrogen and oxygen atoms in total. The Kier molecular flexibility index (Phi) is 4.64. The van der Waals surface area contributed by atoms with Crippen LogP contribution in [-0.2, 0) is 14.8 Å². The van der Waals surface area contributed by atoms with Crippen molar-refractivity contribution in [3.05, 3.63) is 11.4 Å². The van der Waals surface area contributed by atoms with Crippen molar-refractivity contribution in [1.82, 2.24) is 15.1 Å². The molecule has 0 bridgehead atoms. The van der Waals surface area contributed by atoms with E-state index in [1.165, 1.54) is 6.92 Å². The van der Waals surface area contributed by atoms with E-state index in [0.717, 1.165) is 12.8 Å². The van der Waals surface area contributed by atoms with Gasteiger partial charge in [0.2, 0.25) is 10.0 Å². The van der Waals surface area contributed by atoms with Gasteiger partial charge in [0.25, 0.3) is 5.91 Å². The average Bonchev–Trinajstić information content (AvgIpc) is 2.80. The molecule has 21 heavy (non-hydrogen) atoms. The van der Waals surface area contributed by atoms with Gasteiger partial charge in [0.15, 0.2) is 5.69 Å². The second-order valence-electron chi connectivity index (χ2n) is 5.04. The van der Waals surface area contributed by atoms with E-state index < -0.39 is 15.9 Å². The number of nitrogens with two attached hydrogens (primary N) is 1. The van der Waals surface area contributed by atoms with E-state index in [1.54, 1.807) is 4.90 Å². The zero-order valence-corrected chi connectivity index (χ0v) is 12.9. The number of nitrogens with zero attached hydrogens (tertiary/aromatic N) is 2. The fourth-order valence-corrected chi connectivity index (χ4v) is 3.43. The van der Waals surface area contributed by atoms with E-state index in [2.05, 4.69) is 10.2 Å². The Labute approximate surface area is 123 Å². The van der Waals surface area contributed by atoms with E-state index in [4.69, 9.17) is 9.88 Å². The molecule has 1 fully saturated rings. The summed E-state index contributed by atoms with van der Waals surface area (Å²) < 4.78 is 28.8. The van der Waals surface area contributed by atoms with E-state index in [0.29, 0.717) is 19.7 Å². The minimum atomic E-state index is -4.00. The SMILES string of the molecule is CCOC1CCCN(C(=O)c2n[nH]c(C)c2S(N)(=O)=O)C1. The molecule has 0 saturated carbocycles. The molecular formula is C12H20N4O4S. The lowest BCUT2D eigenvalue weighted by Crippen LogP contribution is -2.43. The smallest absolute Gasteiger partial charge is 0.275 e. The maximum Gasteiger partial charge on any atom is 0.275 e. The number of aromatic amines is 1. The van der Waals surface area contributed by atoms with Crippen LogP contribution in [0.3, 0.4) is 0 Å². The molecule has 3 N–H and O–H groups in total. The minimum absolute atomic E-state index is 0.0225. The first-order valence-corrected chi connectivity index (χ1v) is 8.37. The Bertz CT molecular complexity index is 623. The molecule has 2 heterocycles. The minimum Gasteiger partial charge on any atom is -0.377 e. The summed E-state index contributed by atoms with van der Waals surface area (Å²) in [4.78, 5) is 13.8. The molecule has 118 valence electrons. The van der Waals surface area contributed by atoms with Crippen molar-refractivity contribution in [3.8, 4) is 0 Å². The summed E-state index contributed by atoms with van der Waals surface area (Å²) in [5.41, 5.74) is 0.117. The fourth-order valence-electron chi connectivity index (χ4n) is 2.56. The number of ether oxygens (including phenoxy) is 1. The van der Waals surface area contributed by atoms with Gasteiger partial charge in [-0.1, -0.05) is 0 Å². The standard InChI is InChI=1S/C12H20N4O4S/c1-3-20-9-5-4-6-16(7-9)12(17)10-11(21(13,18)19)8(2)14-15-10/h9H,3-7H2,1-2H3,(H,14,15)(H2,13,18,19). The molecule has 1 aliphatic heterocycles. The monoisotopic (exact) mass is 316 g/mol. The largest absolute Gasteiger partial charge is 0.377 e. The Hall–Kier alpha value is -1.45. The summed E-state index contributed by atoms with van der Waals surface area (Å²) in [5, 5.41) is 11.5. The van der Waals surface area contributed by atoms with Gasteiger partial charge in [0, 0.05) is 19.7 Å². The van der Waals surface area contributed by atoms with Crippen LogP contribution in [0, 0.1) is 6.92 Å². The third-order valence-electron chi connectivity index (χ3n) is 3.45. The number of hydrogen-bond donors (Lipinski definition) is 2. The molecule has 1 amide bonds. The number of aromatic nitrogens is 2. The van der Waals surface area contributed by atoms with Crippen LogP contribution in [0.4, 0.5) is 0 Å². The lowest BCUT2D eigenvalue weighted by Gasteiger charge is -2.32. The van der Waals surface area contributed by atoms with Gasteiger partial charge in [-0.3, -0.25) is 9.89 Å². The van der Waals surface area contributed by atoms with Gasteiger partial charge in [0.1, 0.15) is 4.90 Å². The predicted octanol–water partition coefficient (Wildman–Crippen LogP) is 0.00662. The van der Waals surface area contributed by atoms with Gasteiger partial charge in [-0.25, -0.2) is 13.6 Å². The zero-order valence-electron chi connectivity index (χ0n) is 12.1. The first-order chi connectivity index (χ1) is 9.84. The van der Waals surface area contributed by atoms with Crippen molar-refractivity contribution in [2.75, 3.05) is 19.7 Å². The normalized spacial score (nSPS) is 19.8. The van der Waals surface area contributed by atoms with Gasteiger partial charge >= 0.3 is 0 Å². The molecule has 1 aromatic rings. The number of carbonyl (C=O) groups is 1. The number of aryl methyl sites for hydroxylation is 1. The van der Waals surface area contributed by atoms with Crippen molar-refractivity contribution in [1.29, 1.82) is 0 Å². The molecule has 1 aliphatic rings. The summed E-state index contributed by atoms with van der Waals surface area (Å²) in [7, 11) is -4.00. The van der Waals surface area contributed by atoms with E-state index in [-0.39, 0.29) is 22.4 Å². The number of nitrogens with one attached hydrogen (secondary N) is 1. The lowest BCUT2D eigenvalue weighted by atomic mass is 10.1. The Morgan fingerprint density at radius 1 is 1.57 bits per heavy atom. The first kappa shape index (κ1) is 15.9. The highest BCUT2D eigenvalue weighted by Crippen LogP contribution is 2.20. The number of piperidine rings is 1. The zero-order chi connectivity index (χ0) is 15.6. The topological polar surface area (TPSA) is 118 Å². The van der Waals surface area contributed by atoms with Crippen LogP contribution in [0.15, 0.2) is 4.90 Å². The van der Waals surface area contributed by atoms with Crippen LogP contribution in [-0.4, -0.2) is 55.2 Å². The van der Waals surface area contributed by atoms with Crippen LogP contribution in [0.25, 0.3) is 0 Å². The van der Waals surface area contributed by atoms with Crippen molar-refractivity contribution < 1.29 is 17.9 Å². The quantitative estimate of drug-likeness (QED) is 0.811. The highest BCUT2D eigenvalue weighted by atomic mass is 32.2. The third kappa shape index (κ3) is 3.42. The number of rotatable bonds is 4. The van der Waals surface area contributed by atoms with Gasteiger partial charge in [-0.05, 0) is 26.7 Å². The number of hydrogen-bond acceptors (Lipinski definition) is 5. The first-order valence-electron chi connectivity index (χ1n) is 6.83. The molecule has 1 unspecified atom stereocenters. The Morgan fingerprint density at radius 2 is 2.29 bits per heavy atom. The van der Waals surface area contributed by atoms with Crippen LogP contribution in [0.5, 0.6) is 0 Å². The highest BCUT2D eigenvalue weighted by molar-refractivity contribution is 7.89. The van der Waals surface area contributed by atoms with E-state index in [1.807, 2.05) is 6.92 Å². The Balaban J connectivity index is 2.25. The molecule has 0 aliphatic carbocycles. The fraction of sp³-hybridized carbons (Fsp3) is 0.667. The maximum atomic E-state index is 12.5. The van der Waals surface area contributed by atoms with Gasteiger partial charge in [-0.2, -0.15) is 5.10 Å². The summed E-state index contributed by atoms with van der Waals surface area (Å²) >= 11 is 0. The van der Waals surface area contributed by atoms with Crippen molar-refractivity contribution in [2.24, 2.45) is 5.14 Å². The molecule has 0 spiro atoms. The highest BCUT2D eigenvalue weighted by Gasteiger charge is 2.31. The molecule has 9 heteroatoms. The molecular weight excluding hydrogens is 296 g/mol. The van der Waals surface area contributed by atoms with Crippen LogP contribution < -0.4 is 5.14 Å². The second-order valence-corrected chi connectivity index (χ2v) is 6.54. The summed E-state index contributed by atoms with van der Waals surface area (Å²) in [5.74, 6) is -0.437. The predicted molar refractivity (Wildman–Crippen MR) is 75.2 cm³/mol. The van der Waals surface area contributed by atoms with Crippen LogP contribution in [0.1, 0.15) is 35.9 Å². The van der Waals surface area contributed by atoms with Crippen molar-refractivity contribution in [2.45, 2.75) is 37.7 Å². The molecule has 1 atom stereocenters. The van der Waals surface area contributed by atoms with Crippen LogP contribution in [0.2, 0.25) is 0 Å².